The molecular formula is C24H25ClN2O5S. The normalized spacial score (nSPS) is 12.0. The summed E-state index contributed by atoms with van der Waals surface area (Å²) in [6.07, 6.45) is -0.323. The van der Waals surface area contributed by atoms with E-state index in [-0.39, 0.29) is 10.8 Å². The first kappa shape index (κ1) is 24.4. The topological polar surface area (TPSA) is 93.7 Å². The zero-order valence-corrected chi connectivity index (χ0v) is 20.0. The van der Waals surface area contributed by atoms with Gasteiger partial charge in [0.05, 0.1) is 17.7 Å². The first-order valence-electron chi connectivity index (χ1n) is 10.2. The van der Waals surface area contributed by atoms with Crippen LogP contribution in [0.1, 0.15) is 18.9 Å². The molecule has 1 amide bonds. The van der Waals surface area contributed by atoms with Crippen LogP contribution in [0.25, 0.3) is 0 Å². The van der Waals surface area contributed by atoms with Crippen LogP contribution in [0.3, 0.4) is 0 Å². The van der Waals surface area contributed by atoms with Gasteiger partial charge in [0.1, 0.15) is 0 Å². The molecule has 9 heteroatoms. The highest BCUT2D eigenvalue weighted by molar-refractivity contribution is 7.92. The minimum absolute atomic E-state index is 0.0530. The third kappa shape index (κ3) is 6.18. The molecule has 0 aliphatic heterocycles. The van der Waals surface area contributed by atoms with Crippen LogP contribution >= 0.6 is 11.6 Å². The fraction of sp³-hybridized carbons (Fsp3) is 0.208. The van der Waals surface area contributed by atoms with Crippen LogP contribution < -0.4 is 19.5 Å². The van der Waals surface area contributed by atoms with E-state index in [1.54, 1.807) is 43.3 Å². The second-order valence-electron chi connectivity index (χ2n) is 7.24. The zero-order chi connectivity index (χ0) is 24.0. The van der Waals surface area contributed by atoms with Crippen molar-refractivity contribution in [2.75, 3.05) is 17.1 Å². The molecule has 0 saturated heterocycles. The van der Waals surface area contributed by atoms with Gasteiger partial charge in [0, 0.05) is 10.7 Å². The van der Waals surface area contributed by atoms with Crippen LogP contribution in [0.5, 0.6) is 11.5 Å². The molecule has 3 rings (SSSR count). The summed E-state index contributed by atoms with van der Waals surface area (Å²) >= 11 is 5.97. The Bertz CT molecular complexity index is 1230. The molecule has 0 bridgehead atoms. The number of rotatable bonds is 9. The molecule has 3 aromatic carbocycles. The summed E-state index contributed by atoms with van der Waals surface area (Å²) in [7, 11) is -2.30. The molecule has 174 valence electrons. The highest BCUT2D eigenvalue weighted by atomic mass is 35.5. The van der Waals surface area contributed by atoms with Crippen molar-refractivity contribution in [3.05, 3.63) is 77.3 Å². The lowest BCUT2D eigenvalue weighted by Gasteiger charge is -2.19. The quantitative estimate of drug-likeness (QED) is 0.429. The smallest absolute Gasteiger partial charge is 0.265 e. The van der Waals surface area contributed by atoms with Gasteiger partial charge >= 0.3 is 0 Å². The summed E-state index contributed by atoms with van der Waals surface area (Å²) in [6.45, 7) is 3.61. The summed E-state index contributed by atoms with van der Waals surface area (Å²) in [5, 5.41) is 3.19. The van der Waals surface area contributed by atoms with Gasteiger partial charge in [0.15, 0.2) is 17.6 Å². The van der Waals surface area contributed by atoms with Crippen LogP contribution in [-0.4, -0.2) is 27.5 Å². The summed E-state index contributed by atoms with van der Waals surface area (Å²) in [6, 6.07) is 17.9. The molecule has 0 aliphatic rings. The second kappa shape index (κ2) is 10.6. The number of hydrogen-bond donors (Lipinski definition) is 2. The lowest BCUT2D eigenvalue weighted by Crippen LogP contribution is -2.32. The molecule has 0 fully saturated rings. The van der Waals surface area contributed by atoms with E-state index >= 15 is 0 Å². The van der Waals surface area contributed by atoms with Gasteiger partial charge in [-0.3, -0.25) is 9.52 Å². The van der Waals surface area contributed by atoms with Gasteiger partial charge < -0.3 is 14.8 Å². The summed E-state index contributed by atoms with van der Waals surface area (Å²) < 4.78 is 39.1. The first-order valence-corrected chi connectivity index (χ1v) is 12.1. The summed E-state index contributed by atoms with van der Waals surface area (Å²) in [4.78, 5) is 12.8. The van der Waals surface area contributed by atoms with Gasteiger partial charge in [-0.15, -0.1) is 0 Å². The lowest BCUT2D eigenvalue weighted by atomic mass is 10.2. The van der Waals surface area contributed by atoms with Crippen molar-refractivity contribution in [1.29, 1.82) is 0 Å². The number of para-hydroxylation sites is 2. The van der Waals surface area contributed by atoms with E-state index in [2.05, 4.69) is 10.0 Å². The van der Waals surface area contributed by atoms with Crippen molar-refractivity contribution in [3.8, 4) is 11.5 Å². The number of carbonyl (C=O) groups is 1. The maximum Gasteiger partial charge on any atom is 0.265 e. The van der Waals surface area contributed by atoms with Crippen molar-refractivity contribution in [2.24, 2.45) is 0 Å². The van der Waals surface area contributed by atoms with E-state index in [1.165, 1.54) is 31.4 Å². The molecule has 3 aromatic rings. The van der Waals surface area contributed by atoms with Crippen LogP contribution in [0.4, 0.5) is 11.4 Å². The standard InChI is InChI=1S/C24H25ClN2O5S/c1-4-21(32-23-8-6-5-7-22(23)31-3)24(28)26-18-11-13-19(14-12-18)33(29,30)27-20-15-17(25)10-9-16(20)2/h5-15,21,27H,4H2,1-3H3,(H,26,28)/t21-/m1/s1. The number of nitrogens with one attached hydrogen (secondary N) is 2. The van der Waals surface area contributed by atoms with E-state index in [0.717, 1.165) is 5.56 Å². The number of sulfonamides is 1. The second-order valence-corrected chi connectivity index (χ2v) is 9.36. The molecule has 2 N–H and O–H groups in total. The van der Waals surface area contributed by atoms with Crippen LogP contribution in [0.15, 0.2) is 71.6 Å². The molecule has 0 aromatic heterocycles. The molecule has 0 heterocycles. The molecule has 0 spiro atoms. The zero-order valence-electron chi connectivity index (χ0n) is 18.5. The van der Waals surface area contributed by atoms with E-state index in [1.807, 2.05) is 13.0 Å². The van der Waals surface area contributed by atoms with Crippen molar-refractivity contribution >= 4 is 38.9 Å². The van der Waals surface area contributed by atoms with Gasteiger partial charge in [-0.25, -0.2) is 8.42 Å². The SMILES string of the molecule is CC[C@@H](Oc1ccccc1OC)C(=O)Nc1ccc(S(=O)(=O)Nc2cc(Cl)ccc2C)cc1. The summed E-state index contributed by atoms with van der Waals surface area (Å²) in [5.41, 5.74) is 1.59. The van der Waals surface area contributed by atoms with Gasteiger partial charge in [-0.05, 0) is 67.4 Å². The Kier molecular flexibility index (Phi) is 7.84. The Balaban J connectivity index is 1.70. The van der Waals surface area contributed by atoms with Crippen molar-refractivity contribution in [2.45, 2.75) is 31.3 Å². The lowest BCUT2D eigenvalue weighted by molar-refractivity contribution is -0.122. The third-order valence-corrected chi connectivity index (χ3v) is 6.49. The number of hydrogen-bond acceptors (Lipinski definition) is 5. The Morgan fingerprint density at radius 2 is 1.70 bits per heavy atom. The molecular weight excluding hydrogens is 464 g/mol. The van der Waals surface area contributed by atoms with Crippen molar-refractivity contribution in [3.63, 3.8) is 0 Å². The summed E-state index contributed by atoms with van der Waals surface area (Å²) in [5.74, 6) is 0.637. The maximum absolute atomic E-state index is 12.7. The van der Waals surface area contributed by atoms with Gasteiger partial charge in [-0.2, -0.15) is 0 Å². The number of anilines is 2. The predicted octanol–water partition coefficient (Wildman–Crippen LogP) is 5.25. The number of halogens is 1. The Morgan fingerprint density at radius 3 is 2.33 bits per heavy atom. The van der Waals surface area contributed by atoms with Gasteiger partial charge in [0.2, 0.25) is 0 Å². The van der Waals surface area contributed by atoms with Crippen LogP contribution in [0, 0.1) is 6.92 Å². The fourth-order valence-corrected chi connectivity index (χ4v) is 4.33. The Labute approximate surface area is 198 Å². The average molecular weight is 489 g/mol. The van der Waals surface area contributed by atoms with Crippen molar-refractivity contribution < 1.29 is 22.7 Å². The number of carbonyl (C=O) groups excluding carboxylic acids is 1. The molecule has 33 heavy (non-hydrogen) atoms. The highest BCUT2D eigenvalue weighted by Crippen LogP contribution is 2.28. The number of aryl methyl sites for hydroxylation is 1. The highest BCUT2D eigenvalue weighted by Gasteiger charge is 2.21. The number of methoxy groups -OCH3 is 1. The third-order valence-electron chi connectivity index (χ3n) is 4.88. The van der Waals surface area contributed by atoms with E-state index < -0.39 is 16.1 Å². The molecule has 0 aliphatic carbocycles. The molecule has 7 nitrogen and oxygen atoms in total. The first-order chi connectivity index (χ1) is 15.7. The van der Waals surface area contributed by atoms with Gasteiger partial charge in [-0.1, -0.05) is 36.7 Å². The monoisotopic (exact) mass is 488 g/mol. The molecule has 0 saturated carbocycles. The molecule has 0 radical (unpaired) electrons. The largest absolute Gasteiger partial charge is 0.493 e. The molecule has 0 unspecified atom stereocenters. The van der Waals surface area contributed by atoms with Gasteiger partial charge in [0.25, 0.3) is 15.9 Å². The minimum Gasteiger partial charge on any atom is -0.493 e. The van der Waals surface area contributed by atoms with E-state index in [9.17, 15) is 13.2 Å². The Morgan fingerprint density at radius 1 is 1.03 bits per heavy atom. The van der Waals surface area contributed by atoms with Crippen molar-refractivity contribution in [1.82, 2.24) is 0 Å². The Hall–Kier alpha value is -3.23. The maximum atomic E-state index is 12.7. The number of ether oxygens (including phenoxy) is 2. The molecule has 1 atom stereocenters. The minimum atomic E-state index is -3.83. The van der Waals surface area contributed by atoms with Crippen LogP contribution in [0.2, 0.25) is 5.02 Å². The fourth-order valence-electron chi connectivity index (χ4n) is 3.04. The predicted molar refractivity (Wildman–Crippen MR) is 130 cm³/mol. The van der Waals surface area contributed by atoms with E-state index in [0.29, 0.717) is 34.3 Å². The van der Waals surface area contributed by atoms with E-state index in [4.69, 9.17) is 21.1 Å². The number of benzene rings is 3. The average Bonchev–Trinajstić information content (AvgIpc) is 2.80. The van der Waals surface area contributed by atoms with Crippen LogP contribution in [-0.2, 0) is 14.8 Å². The number of amides is 1.